The Morgan fingerprint density at radius 3 is 2.55 bits per heavy atom. The molecule has 1 N–H and O–H groups in total. The second-order valence-corrected chi connectivity index (χ2v) is 6.20. The van der Waals surface area contributed by atoms with Crippen LogP contribution in [-0.4, -0.2) is 29.7 Å². The van der Waals surface area contributed by atoms with E-state index in [4.69, 9.17) is 4.74 Å². The zero-order valence-corrected chi connectivity index (χ0v) is 12.8. The Balaban J connectivity index is 2.23. The molecule has 1 aliphatic rings. The van der Waals surface area contributed by atoms with Gasteiger partial charge in [0.1, 0.15) is 5.60 Å². The molecule has 22 heavy (non-hydrogen) atoms. The van der Waals surface area contributed by atoms with Crippen LogP contribution in [0.4, 0.5) is 23.7 Å². The summed E-state index contributed by atoms with van der Waals surface area (Å²) in [5.74, 6) is 0. The van der Waals surface area contributed by atoms with E-state index in [9.17, 15) is 18.0 Å². The van der Waals surface area contributed by atoms with Crippen molar-refractivity contribution in [1.82, 2.24) is 4.90 Å². The fraction of sp³-hybridized carbons (Fsp3) is 0.533. The molecule has 0 unspecified atom stereocenters. The van der Waals surface area contributed by atoms with E-state index in [1.807, 2.05) is 0 Å². The second kappa shape index (κ2) is 5.70. The number of hydrogen-bond acceptors (Lipinski definition) is 3. The maximum absolute atomic E-state index is 12.8. The minimum absolute atomic E-state index is 0.0845. The van der Waals surface area contributed by atoms with Gasteiger partial charge in [-0.25, -0.2) is 4.79 Å². The van der Waals surface area contributed by atoms with E-state index in [1.54, 1.807) is 20.8 Å². The number of rotatable bonds is 0. The highest BCUT2D eigenvalue weighted by Gasteiger charge is 2.32. The minimum atomic E-state index is -4.40. The highest BCUT2D eigenvalue weighted by atomic mass is 19.4. The van der Waals surface area contributed by atoms with Gasteiger partial charge in [0.25, 0.3) is 0 Å². The fourth-order valence-corrected chi connectivity index (χ4v) is 2.17. The molecule has 4 nitrogen and oxygen atoms in total. The smallest absolute Gasteiger partial charge is 0.416 e. The van der Waals surface area contributed by atoms with Crippen LogP contribution in [0.2, 0.25) is 0 Å². The number of halogens is 3. The number of carbonyl (C=O) groups is 1. The summed E-state index contributed by atoms with van der Waals surface area (Å²) in [6.07, 6.45) is -4.93. The molecule has 1 heterocycles. The lowest BCUT2D eigenvalue weighted by molar-refractivity contribution is -0.137. The number of benzene rings is 1. The molecular formula is C15H19F3N2O2. The second-order valence-electron chi connectivity index (χ2n) is 6.20. The Morgan fingerprint density at radius 1 is 1.27 bits per heavy atom. The van der Waals surface area contributed by atoms with Crippen LogP contribution in [-0.2, 0) is 17.5 Å². The summed E-state index contributed by atoms with van der Waals surface area (Å²) in [5.41, 5.74) is -0.329. The third kappa shape index (κ3) is 4.05. The number of nitrogens with zero attached hydrogens (tertiary/aromatic N) is 1. The van der Waals surface area contributed by atoms with Gasteiger partial charge in [0, 0.05) is 18.8 Å². The molecule has 122 valence electrons. The van der Waals surface area contributed by atoms with Gasteiger partial charge in [-0.05, 0) is 44.5 Å². The van der Waals surface area contributed by atoms with Gasteiger partial charge in [-0.15, -0.1) is 0 Å². The molecule has 0 atom stereocenters. The Morgan fingerprint density at radius 2 is 1.95 bits per heavy atom. The molecule has 1 amide bonds. The summed E-state index contributed by atoms with van der Waals surface area (Å²) in [6, 6.07) is 3.51. The molecule has 2 rings (SSSR count). The molecule has 0 aliphatic carbocycles. The number of anilines is 1. The highest BCUT2D eigenvalue weighted by Crippen LogP contribution is 2.33. The van der Waals surface area contributed by atoms with Crippen LogP contribution in [0.5, 0.6) is 0 Å². The van der Waals surface area contributed by atoms with Gasteiger partial charge in [-0.2, -0.15) is 13.2 Å². The normalized spacial score (nSPS) is 15.6. The molecule has 0 spiro atoms. The molecule has 0 fully saturated rings. The van der Waals surface area contributed by atoms with Crippen molar-refractivity contribution in [3.05, 3.63) is 29.3 Å². The molecule has 7 heteroatoms. The molecule has 0 bridgehead atoms. The van der Waals surface area contributed by atoms with Gasteiger partial charge in [-0.3, -0.25) is 0 Å². The van der Waals surface area contributed by atoms with Crippen LogP contribution in [0.3, 0.4) is 0 Å². The van der Waals surface area contributed by atoms with Crippen LogP contribution >= 0.6 is 0 Å². The summed E-state index contributed by atoms with van der Waals surface area (Å²) in [6.45, 7) is 6.15. The molecule has 0 saturated heterocycles. The summed E-state index contributed by atoms with van der Waals surface area (Å²) < 4.78 is 43.7. The van der Waals surface area contributed by atoms with Crippen molar-refractivity contribution in [3.63, 3.8) is 0 Å². The third-order valence-corrected chi connectivity index (χ3v) is 3.14. The number of alkyl halides is 3. The molecule has 1 aromatic rings. The number of fused-ring (bicyclic) bond motifs is 1. The molecule has 0 aromatic heterocycles. The molecular weight excluding hydrogens is 297 g/mol. The summed E-state index contributed by atoms with van der Waals surface area (Å²) in [5, 5.41) is 3.03. The molecule has 0 radical (unpaired) electrons. The van der Waals surface area contributed by atoms with Crippen molar-refractivity contribution < 1.29 is 22.7 Å². The fourth-order valence-electron chi connectivity index (χ4n) is 2.17. The lowest BCUT2D eigenvalue weighted by Crippen LogP contribution is -2.37. The number of nitrogens with one attached hydrogen (secondary N) is 1. The first kappa shape index (κ1) is 16.5. The van der Waals surface area contributed by atoms with Gasteiger partial charge in [0.2, 0.25) is 0 Å². The minimum Gasteiger partial charge on any atom is -0.444 e. The summed E-state index contributed by atoms with van der Waals surface area (Å²) in [4.78, 5) is 13.5. The predicted molar refractivity (Wildman–Crippen MR) is 76.6 cm³/mol. The third-order valence-electron chi connectivity index (χ3n) is 3.14. The van der Waals surface area contributed by atoms with Crippen LogP contribution in [0.25, 0.3) is 0 Å². The Labute approximate surface area is 127 Å². The van der Waals surface area contributed by atoms with E-state index in [2.05, 4.69) is 5.32 Å². The molecule has 0 saturated carbocycles. The molecule has 1 aliphatic heterocycles. The quantitative estimate of drug-likeness (QED) is 0.790. The molecule has 1 aromatic carbocycles. The maximum atomic E-state index is 12.8. The number of hydrogen-bond donors (Lipinski definition) is 1. The van der Waals surface area contributed by atoms with Crippen molar-refractivity contribution in [2.75, 3.05) is 18.4 Å². The van der Waals surface area contributed by atoms with E-state index in [0.717, 1.165) is 12.1 Å². The van der Waals surface area contributed by atoms with Crippen LogP contribution in [0.1, 0.15) is 31.9 Å². The predicted octanol–water partition coefficient (Wildman–Crippen LogP) is 3.87. The van der Waals surface area contributed by atoms with Crippen LogP contribution < -0.4 is 5.32 Å². The number of amides is 1. The van der Waals surface area contributed by atoms with E-state index in [0.29, 0.717) is 24.3 Å². The topological polar surface area (TPSA) is 41.6 Å². The number of carbonyl (C=O) groups excluding carboxylic acids is 1. The van der Waals surface area contributed by atoms with E-state index >= 15 is 0 Å². The zero-order chi connectivity index (χ0) is 16.5. The van der Waals surface area contributed by atoms with Gasteiger partial charge in [0.15, 0.2) is 0 Å². The first-order chi connectivity index (χ1) is 10.1. The largest absolute Gasteiger partial charge is 0.444 e. The SMILES string of the molecule is CC(C)(C)OC(=O)N1CCNc2ccc(C(F)(F)F)cc2C1. The average molecular weight is 316 g/mol. The van der Waals surface area contributed by atoms with Crippen molar-refractivity contribution >= 4 is 11.8 Å². The Kier molecular flexibility index (Phi) is 4.26. The first-order valence-corrected chi connectivity index (χ1v) is 6.98. The van der Waals surface area contributed by atoms with Gasteiger partial charge in [0.05, 0.1) is 12.1 Å². The number of ether oxygens (including phenoxy) is 1. The Hall–Kier alpha value is -1.92. The van der Waals surface area contributed by atoms with Crippen molar-refractivity contribution in [3.8, 4) is 0 Å². The van der Waals surface area contributed by atoms with Crippen molar-refractivity contribution in [1.29, 1.82) is 0 Å². The lowest BCUT2D eigenvalue weighted by atomic mass is 10.1. The Bertz CT molecular complexity index is 565. The van der Waals surface area contributed by atoms with Gasteiger partial charge in [-0.1, -0.05) is 0 Å². The van der Waals surface area contributed by atoms with Gasteiger partial charge >= 0.3 is 12.3 Å². The lowest BCUT2D eigenvalue weighted by Gasteiger charge is -2.26. The van der Waals surface area contributed by atoms with E-state index in [1.165, 1.54) is 11.0 Å². The van der Waals surface area contributed by atoms with Crippen molar-refractivity contribution in [2.24, 2.45) is 0 Å². The van der Waals surface area contributed by atoms with Crippen molar-refractivity contribution in [2.45, 2.75) is 39.1 Å². The standard InChI is InChI=1S/C15H19F3N2O2/c1-14(2,3)22-13(21)20-7-6-19-12-5-4-11(15(16,17)18)8-10(12)9-20/h4-5,8,19H,6-7,9H2,1-3H3. The van der Waals surface area contributed by atoms with Crippen LogP contribution in [0.15, 0.2) is 18.2 Å². The first-order valence-electron chi connectivity index (χ1n) is 6.98. The van der Waals surface area contributed by atoms with E-state index in [-0.39, 0.29) is 6.54 Å². The maximum Gasteiger partial charge on any atom is 0.416 e. The van der Waals surface area contributed by atoms with Crippen LogP contribution in [0, 0.1) is 0 Å². The summed E-state index contributed by atoms with van der Waals surface area (Å²) in [7, 11) is 0. The van der Waals surface area contributed by atoms with Gasteiger partial charge < -0.3 is 15.0 Å². The zero-order valence-electron chi connectivity index (χ0n) is 12.8. The average Bonchev–Trinajstić information content (AvgIpc) is 2.56. The highest BCUT2D eigenvalue weighted by molar-refractivity contribution is 5.69. The monoisotopic (exact) mass is 316 g/mol. The van der Waals surface area contributed by atoms with E-state index < -0.39 is 23.4 Å². The summed E-state index contributed by atoms with van der Waals surface area (Å²) >= 11 is 0.